The van der Waals surface area contributed by atoms with Gasteiger partial charge in [0.2, 0.25) is 5.75 Å². The first-order chi connectivity index (χ1) is 11.6. The van der Waals surface area contributed by atoms with Gasteiger partial charge in [-0.1, -0.05) is 12.1 Å². The van der Waals surface area contributed by atoms with Crippen molar-refractivity contribution >= 4 is 11.7 Å². The summed E-state index contributed by atoms with van der Waals surface area (Å²) < 4.78 is 29.8. The molecule has 7 heteroatoms. The highest BCUT2D eigenvalue weighted by Gasteiger charge is 2.33. The first kappa shape index (κ1) is 15.9. The highest BCUT2D eigenvalue weighted by atomic mass is 19.1. The van der Waals surface area contributed by atoms with Crippen LogP contribution in [0.3, 0.4) is 0 Å². The van der Waals surface area contributed by atoms with Gasteiger partial charge in [-0.2, -0.15) is 0 Å². The van der Waals surface area contributed by atoms with E-state index in [1.807, 2.05) is 0 Å². The lowest BCUT2D eigenvalue weighted by atomic mass is 9.94. The molecule has 2 amide bonds. The molecule has 1 unspecified atom stereocenters. The van der Waals surface area contributed by atoms with Gasteiger partial charge < -0.3 is 24.8 Å². The van der Waals surface area contributed by atoms with Crippen LogP contribution in [-0.2, 0) is 0 Å². The van der Waals surface area contributed by atoms with E-state index in [1.165, 1.54) is 33.5 Å². The van der Waals surface area contributed by atoms with Crippen LogP contribution in [0.4, 0.5) is 14.9 Å². The molecular formula is C17H17FN2O4. The lowest BCUT2D eigenvalue weighted by Gasteiger charge is -2.30. The van der Waals surface area contributed by atoms with E-state index in [-0.39, 0.29) is 5.82 Å². The van der Waals surface area contributed by atoms with Gasteiger partial charge in [0.15, 0.2) is 11.5 Å². The van der Waals surface area contributed by atoms with Crippen LogP contribution >= 0.6 is 0 Å². The molecule has 0 aromatic heterocycles. The Kier molecular flexibility index (Phi) is 4.16. The number of halogens is 1. The number of nitrogens with one attached hydrogen (secondary N) is 2. The second kappa shape index (κ2) is 6.27. The van der Waals surface area contributed by atoms with Gasteiger partial charge in [-0.25, -0.2) is 9.18 Å². The average Bonchev–Trinajstić information content (AvgIpc) is 2.59. The van der Waals surface area contributed by atoms with Crippen LogP contribution in [0.2, 0.25) is 0 Å². The van der Waals surface area contributed by atoms with Crippen LogP contribution in [-0.4, -0.2) is 27.4 Å². The maximum Gasteiger partial charge on any atom is 0.320 e. The van der Waals surface area contributed by atoms with Crippen molar-refractivity contribution in [3.05, 3.63) is 47.3 Å². The number of fused-ring (bicyclic) bond motifs is 1. The van der Waals surface area contributed by atoms with Crippen molar-refractivity contribution in [2.75, 3.05) is 26.6 Å². The molecule has 0 aliphatic carbocycles. The zero-order valence-electron chi connectivity index (χ0n) is 13.5. The largest absolute Gasteiger partial charge is 0.493 e. The van der Waals surface area contributed by atoms with Gasteiger partial charge in [-0.3, -0.25) is 0 Å². The van der Waals surface area contributed by atoms with Gasteiger partial charge in [0.05, 0.1) is 33.1 Å². The molecule has 0 bridgehead atoms. The van der Waals surface area contributed by atoms with E-state index >= 15 is 0 Å². The van der Waals surface area contributed by atoms with Crippen molar-refractivity contribution < 1.29 is 23.4 Å². The van der Waals surface area contributed by atoms with Crippen molar-refractivity contribution in [2.45, 2.75) is 6.04 Å². The van der Waals surface area contributed by atoms with Crippen LogP contribution in [0.15, 0.2) is 30.3 Å². The first-order valence-electron chi connectivity index (χ1n) is 7.24. The number of anilines is 1. The standard InChI is InChI=1S/C17H17FN2O4/c1-22-12-8-11-13(16(24-3)15(12)23-2)14(20-17(21)19-11)9-5-4-6-10(18)7-9/h4-8,14H,1-3H3,(H2,19,20,21). The summed E-state index contributed by atoms with van der Waals surface area (Å²) in [5.41, 5.74) is 1.75. The number of hydrogen-bond acceptors (Lipinski definition) is 4. The summed E-state index contributed by atoms with van der Waals surface area (Å²) in [5, 5.41) is 5.50. The van der Waals surface area contributed by atoms with Crippen molar-refractivity contribution in [3.8, 4) is 17.2 Å². The number of amides is 2. The Balaban J connectivity index is 2.25. The highest BCUT2D eigenvalue weighted by molar-refractivity contribution is 5.95. The van der Waals surface area contributed by atoms with E-state index in [0.717, 1.165) is 0 Å². The minimum Gasteiger partial charge on any atom is -0.493 e. The number of urea groups is 1. The van der Waals surface area contributed by atoms with Crippen LogP contribution in [0.1, 0.15) is 17.2 Å². The molecule has 0 spiro atoms. The Hall–Kier alpha value is -2.96. The van der Waals surface area contributed by atoms with Gasteiger partial charge in [0.1, 0.15) is 5.82 Å². The van der Waals surface area contributed by atoms with Crippen molar-refractivity contribution in [3.63, 3.8) is 0 Å². The van der Waals surface area contributed by atoms with Crippen LogP contribution < -0.4 is 24.8 Å². The summed E-state index contributed by atoms with van der Waals surface area (Å²) >= 11 is 0. The summed E-state index contributed by atoms with van der Waals surface area (Å²) in [4.78, 5) is 12.0. The molecule has 0 saturated heterocycles. The number of rotatable bonds is 4. The lowest BCUT2D eigenvalue weighted by Crippen LogP contribution is -2.38. The quantitative estimate of drug-likeness (QED) is 0.903. The zero-order valence-corrected chi connectivity index (χ0v) is 13.5. The maximum absolute atomic E-state index is 13.6. The number of ether oxygens (including phenoxy) is 3. The Bertz CT molecular complexity index is 794. The van der Waals surface area contributed by atoms with Gasteiger partial charge in [0, 0.05) is 11.6 Å². The zero-order chi connectivity index (χ0) is 17.3. The molecule has 6 nitrogen and oxygen atoms in total. The molecule has 1 heterocycles. The van der Waals surface area contributed by atoms with E-state index in [9.17, 15) is 9.18 Å². The Morgan fingerprint density at radius 2 is 1.79 bits per heavy atom. The van der Waals surface area contributed by atoms with Crippen LogP contribution in [0.25, 0.3) is 0 Å². The van der Waals surface area contributed by atoms with E-state index in [0.29, 0.717) is 34.1 Å². The van der Waals surface area contributed by atoms with Gasteiger partial charge in [-0.15, -0.1) is 0 Å². The maximum atomic E-state index is 13.6. The van der Waals surface area contributed by atoms with Crippen molar-refractivity contribution in [2.24, 2.45) is 0 Å². The van der Waals surface area contributed by atoms with Gasteiger partial charge >= 0.3 is 6.03 Å². The Morgan fingerprint density at radius 3 is 2.42 bits per heavy atom. The number of benzene rings is 2. The summed E-state index contributed by atoms with van der Waals surface area (Å²) in [6.45, 7) is 0. The average molecular weight is 332 g/mol. The Morgan fingerprint density at radius 1 is 1.04 bits per heavy atom. The molecular weight excluding hydrogens is 315 g/mol. The summed E-state index contributed by atoms with van der Waals surface area (Å²) in [6.07, 6.45) is 0. The van der Waals surface area contributed by atoms with Gasteiger partial charge in [-0.05, 0) is 17.7 Å². The molecule has 2 aromatic carbocycles. The van der Waals surface area contributed by atoms with Crippen LogP contribution in [0, 0.1) is 5.82 Å². The SMILES string of the molecule is COc1cc2c(c(OC)c1OC)C(c1cccc(F)c1)NC(=O)N2. The number of methoxy groups -OCH3 is 3. The monoisotopic (exact) mass is 332 g/mol. The fraction of sp³-hybridized carbons (Fsp3) is 0.235. The van der Waals surface area contributed by atoms with E-state index < -0.39 is 12.1 Å². The molecule has 0 saturated carbocycles. The summed E-state index contributed by atoms with van der Waals surface area (Å²) in [6, 6.07) is 6.72. The molecule has 1 atom stereocenters. The summed E-state index contributed by atoms with van der Waals surface area (Å²) in [5.74, 6) is 0.848. The number of hydrogen-bond donors (Lipinski definition) is 2. The molecule has 1 aliphatic heterocycles. The fourth-order valence-corrected chi connectivity index (χ4v) is 2.87. The lowest BCUT2D eigenvalue weighted by molar-refractivity contribution is 0.248. The third kappa shape index (κ3) is 2.58. The molecule has 2 N–H and O–H groups in total. The predicted octanol–water partition coefficient (Wildman–Crippen LogP) is 3.08. The van der Waals surface area contributed by atoms with Crippen molar-refractivity contribution in [1.29, 1.82) is 0 Å². The smallest absolute Gasteiger partial charge is 0.320 e. The summed E-state index contributed by atoms with van der Waals surface area (Å²) in [7, 11) is 4.49. The van der Waals surface area contributed by atoms with Crippen LogP contribution in [0.5, 0.6) is 17.2 Å². The minimum atomic E-state index is -0.584. The van der Waals surface area contributed by atoms with E-state index in [1.54, 1.807) is 18.2 Å². The normalized spacial score (nSPS) is 15.8. The molecule has 0 fully saturated rings. The minimum absolute atomic E-state index is 0.388. The molecule has 0 radical (unpaired) electrons. The number of carbonyl (C=O) groups excluding carboxylic acids is 1. The topological polar surface area (TPSA) is 68.8 Å². The van der Waals surface area contributed by atoms with Crippen molar-refractivity contribution in [1.82, 2.24) is 5.32 Å². The van der Waals surface area contributed by atoms with Gasteiger partial charge in [0.25, 0.3) is 0 Å². The fourth-order valence-electron chi connectivity index (χ4n) is 2.87. The third-order valence-corrected chi connectivity index (χ3v) is 3.86. The predicted molar refractivity (Wildman–Crippen MR) is 86.5 cm³/mol. The molecule has 24 heavy (non-hydrogen) atoms. The third-order valence-electron chi connectivity index (χ3n) is 3.86. The number of carbonyl (C=O) groups is 1. The molecule has 1 aliphatic rings. The van der Waals surface area contributed by atoms with E-state index in [4.69, 9.17) is 14.2 Å². The second-order valence-corrected chi connectivity index (χ2v) is 5.19. The highest BCUT2D eigenvalue weighted by Crippen LogP contribution is 2.49. The first-order valence-corrected chi connectivity index (χ1v) is 7.24. The second-order valence-electron chi connectivity index (χ2n) is 5.19. The molecule has 126 valence electrons. The molecule has 3 rings (SSSR count). The molecule has 2 aromatic rings. The Labute approximate surface area is 138 Å². The van der Waals surface area contributed by atoms with E-state index in [2.05, 4.69) is 10.6 Å².